The van der Waals surface area contributed by atoms with E-state index in [0.717, 1.165) is 22.4 Å². The molecule has 0 radical (unpaired) electrons. The Bertz CT molecular complexity index is 528. The van der Waals surface area contributed by atoms with Crippen LogP contribution < -0.4 is 16.0 Å². The summed E-state index contributed by atoms with van der Waals surface area (Å²) in [5, 5.41) is 0. The van der Waals surface area contributed by atoms with E-state index in [2.05, 4.69) is 10.4 Å². The highest BCUT2D eigenvalue weighted by Crippen LogP contribution is 2.30. The lowest BCUT2D eigenvalue weighted by atomic mass is 9.96. The number of ether oxygens (including phenoxy) is 1. The normalized spacial score (nSPS) is 12.2. The summed E-state index contributed by atoms with van der Waals surface area (Å²) in [6.45, 7) is 2.02. The first-order chi connectivity index (χ1) is 8.77. The van der Waals surface area contributed by atoms with Crippen molar-refractivity contribution in [1.29, 1.82) is 0 Å². The molecule has 2 rings (SSSR count). The standard InChI is InChI=1S/C14H17N3O/c1-10-9-16-8-7-11(10)14(17-15)12-5-3-4-6-13(12)18-2/h3-9,14,17H,15H2,1-2H3. The second-order valence-corrected chi connectivity index (χ2v) is 4.07. The molecule has 94 valence electrons. The van der Waals surface area contributed by atoms with Gasteiger partial charge in [0.1, 0.15) is 5.75 Å². The number of hydrazine groups is 1. The minimum atomic E-state index is -0.107. The number of rotatable bonds is 4. The molecule has 1 unspecified atom stereocenters. The summed E-state index contributed by atoms with van der Waals surface area (Å²) in [6, 6.07) is 9.70. The van der Waals surface area contributed by atoms with Crippen molar-refractivity contribution in [1.82, 2.24) is 10.4 Å². The molecule has 0 amide bonds. The molecular weight excluding hydrogens is 226 g/mol. The first-order valence-electron chi connectivity index (χ1n) is 5.77. The largest absolute Gasteiger partial charge is 0.496 e. The van der Waals surface area contributed by atoms with Gasteiger partial charge in [0, 0.05) is 18.0 Å². The Kier molecular flexibility index (Phi) is 3.92. The van der Waals surface area contributed by atoms with Crippen molar-refractivity contribution in [2.24, 2.45) is 5.84 Å². The highest BCUT2D eigenvalue weighted by molar-refractivity contribution is 5.42. The fourth-order valence-electron chi connectivity index (χ4n) is 2.06. The highest BCUT2D eigenvalue weighted by Gasteiger charge is 2.17. The molecule has 18 heavy (non-hydrogen) atoms. The fraction of sp³-hybridized carbons (Fsp3) is 0.214. The Labute approximate surface area is 107 Å². The zero-order valence-electron chi connectivity index (χ0n) is 10.6. The average molecular weight is 243 g/mol. The molecule has 4 nitrogen and oxygen atoms in total. The van der Waals surface area contributed by atoms with Gasteiger partial charge >= 0.3 is 0 Å². The molecule has 1 heterocycles. The van der Waals surface area contributed by atoms with Gasteiger partial charge in [-0.2, -0.15) is 0 Å². The van der Waals surface area contributed by atoms with Gasteiger partial charge in [-0.15, -0.1) is 0 Å². The fourth-order valence-corrected chi connectivity index (χ4v) is 2.06. The van der Waals surface area contributed by atoms with Gasteiger partial charge in [0.15, 0.2) is 0 Å². The third kappa shape index (κ3) is 2.34. The highest BCUT2D eigenvalue weighted by atomic mass is 16.5. The van der Waals surface area contributed by atoms with Crippen LogP contribution in [-0.2, 0) is 0 Å². The molecule has 0 fully saturated rings. The van der Waals surface area contributed by atoms with Crippen LogP contribution in [0.25, 0.3) is 0 Å². The molecule has 1 atom stereocenters. The van der Waals surface area contributed by atoms with Gasteiger partial charge in [0.2, 0.25) is 0 Å². The van der Waals surface area contributed by atoms with E-state index in [4.69, 9.17) is 10.6 Å². The predicted octanol–water partition coefficient (Wildman–Crippen LogP) is 1.95. The molecule has 0 aliphatic rings. The number of aromatic nitrogens is 1. The summed E-state index contributed by atoms with van der Waals surface area (Å²) in [5.74, 6) is 6.52. The zero-order valence-corrected chi connectivity index (χ0v) is 10.6. The topological polar surface area (TPSA) is 60.2 Å². The Morgan fingerprint density at radius 3 is 2.67 bits per heavy atom. The summed E-state index contributed by atoms with van der Waals surface area (Å²) in [4.78, 5) is 4.10. The number of hydrogen-bond acceptors (Lipinski definition) is 4. The number of para-hydroxylation sites is 1. The van der Waals surface area contributed by atoms with Gasteiger partial charge in [-0.1, -0.05) is 18.2 Å². The van der Waals surface area contributed by atoms with Gasteiger partial charge < -0.3 is 4.74 Å². The number of hydrogen-bond donors (Lipinski definition) is 2. The minimum Gasteiger partial charge on any atom is -0.496 e. The van der Waals surface area contributed by atoms with Crippen LogP contribution in [0.1, 0.15) is 22.7 Å². The van der Waals surface area contributed by atoms with Crippen LogP contribution in [0.4, 0.5) is 0 Å². The van der Waals surface area contributed by atoms with Gasteiger partial charge in [0.25, 0.3) is 0 Å². The molecule has 4 heteroatoms. The smallest absolute Gasteiger partial charge is 0.124 e. The maximum absolute atomic E-state index is 5.70. The van der Waals surface area contributed by atoms with E-state index in [-0.39, 0.29) is 6.04 Å². The van der Waals surface area contributed by atoms with Crippen molar-refractivity contribution >= 4 is 0 Å². The van der Waals surface area contributed by atoms with Crippen molar-refractivity contribution < 1.29 is 4.74 Å². The number of pyridine rings is 1. The molecule has 0 aliphatic carbocycles. The second kappa shape index (κ2) is 5.62. The molecule has 2 aromatic rings. The van der Waals surface area contributed by atoms with E-state index in [9.17, 15) is 0 Å². The summed E-state index contributed by atoms with van der Waals surface area (Å²) in [6.07, 6.45) is 3.59. The zero-order chi connectivity index (χ0) is 13.0. The summed E-state index contributed by atoms with van der Waals surface area (Å²) >= 11 is 0. The maximum Gasteiger partial charge on any atom is 0.124 e. The first kappa shape index (κ1) is 12.5. The number of nitrogens with one attached hydrogen (secondary N) is 1. The van der Waals surface area contributed by atoms with Gasteiger partial charge in [0.05, 0.1) is 13.2 Å². The molecule has 1 aromatic heterocycles. The van der Waals surface area contributed by atoms with Crippen molar-refractivity contribution in [3.63, 3.8) is 0 Å². The predicted molar refractivity (Wildman–Crippen MR) is 71.1 cm³/mol. The lowest BCUT2D eigenvalue weighted by Crippen LogP contribution is -2.29. The lowest BCUT2D eigenvalue weighted by Gasteiger charge is -2.20. The number of benzene rings is 1. The van der Waals surface area contributed by atoms with Crippen LogP contribution in [0.2, 0.25) is 0 Å². The molecule has 3 N–H and O–H groups in total. The lowest BCUT2D eigenvalue weighted by molar-refractivity contribution is 0.404. The third-order valence-electron chi connectivity index (χ3n) is 2.99. The van der Waals surface area contributed by atoms with Crippen molar-refractivity contribution in [2.75, 3.05) is 7.11 Å². The van der Waals surface area contributed by atoms with Crippen molar-refractivity contribution in [3.05, 3.63) is 59.4 Å². The Morgan fingerprint density at radius 2 is 2.00 bits per heavy atom. The number of nitrogens with zero attached hydrogens (tertiary/aromatic N) is 1. The number of nitrogens with two attached hydrogens (primary N) is 1. The van der Waals surface area contributed by atoms with E-state index in [0.29, 0.717) is 0 Å². The second-order valence-electron chi connectivity index (χ2n) is 4.07. The number of methoxy groups -OCH3 is 1. The van der Waals surface area contributed by atoms with Crippen LogP contribution in [0, 0.1) is 6.92 Å². The van der Waals surface area contributed by atoms with E-state index >= 15 is 0 Å². The molecule has 0 bridgehead atoms. The molecule has 0 saturated carbocycles. The summed E-state index contributed by atoms with van der Waals surface area (Å²) < 4.78 is 5.38. The summed E-state index contributed by atoms with van der Waals surface area (Å²) in [5.41, 5.74) is 6.04. The van der Waals surface area contributed by atoms with E-state index in [1.807, 2.05) is 43.5 Å². The van der Waals surface area contributed by atoms with Crippen LogP contribution in [0.15, 0.2) is 42.7 Å². The molecule has 0 saturated heterocycles. The Morgan fingerprint density at radius 1 is 1.22 bits per heavy atom. The summed E-state index contributed by atoms with van der Waals surface area (Å²) in [7, 11) is 1.66. The van der Waals surface area contributed by atoms with E-state index in [1.54, 1.807) is 13.3 Å². The van der Waals surface area contributed by atoms with Crippen LogP contribution in [0.3, 0.4) is 0 Å². The van der Waals surface area contributed by atoms with Crippen LogP contribution in [0.5, 0.6) is 5.75 Å². The SMILES string of the molecule is COc1ccccc1C(NN)c1ccncc1C. The molecule has 1 aromatic carbocycles. The quantitative estimate of drug-likeness (QED) is 0.636. The van der Waals surface area contributed by atoms with Crippen molar-refractivity contribution in [2.45, 2.75) is 13.0 Å². The molecule has 0 aliphatic heterocycles. The minimum absolute atomic E-state index is 0.107. The first-order valence-corrected chi connectivity index (χ1v) is 5.77. The number of aryl methyl sites for hydroxylation is 1. The van der Waals surface area contributed by atoms with E-state index < -0.39 is 0 Å². The van der Waals surface area contributed by atoms with Crippen LogP contribution in [-0.4, -0.2) is 12.1 Å². The Balaban J connectivity index is 2.49. The monoisotopic (exact) mass is 243 g/mol. The average Bonchev–Trinajstić information content (AvgIpc) is 2.42. The van der Waals surface area contributed by atoms with Crippen LogP contribution >= 0.6 is 0 Å². The Hall–Kier alpha value is -1.91. The van der Waals surface area contributed by atoms with Gasteiger partial charge in [-0.25, -0.2) is 5.43 Å². The van der Waals surface area contributed by atoms with Gasteiger partial charge in [-0.05, 0) is 30.2 Å². The molecule has 0 spiro atoms. The maximum atomic E-state index is 5.70. The van der Waals surface area contributed by atoms with Gasteiger partial charge in [-0.3, -0.25) is 10.8 Å². The van der Waals surface area contributed by atoms with E-state index in [1.165, 1.54) is 0 Å². The molecular formula is C14H17N3O. The van der Waals surface area contributed by atoms with Crippen molar-refractivity contribution in [3.8, 4) is 5.75 Å². The third-order valence-corrected chi connectivity index (χ3v) is 2.99.